The summed E-state index contributed by atoms with van der Waals surface area (Å²) in [6.07, 6.45) is 1.59. The van der Waals surface area contributed by atoms with E-state index in [4.69, 9.17) is 0 Å². The fourth-order valence-electron chi connectivity index (χ4n) is 1.86. The number of benzene rings is 1. The van der Waals surface area contributed by atoms with E-state index in [0.717, 1.165) is 23.1 Å². The van der Waals surface area contributed by atoms with E-state index in [2.05, 4.69) is 15.9 Å². The third kappa shape index (κ3) is 2.11. The van der Waals surface area contributed by atoms with Crippen molar-refractivity contribution in [2.75, 3.05) is 11.9 Å². The summed E-state index contributed by atoms with van der Waals surface area (Å²) >= 11 is 3.28. The summed E-state index contributed by atoms with van der Waals surface area (Å²) in [6, 6.07) is 4.14. The molecule has 0 fully saturated rings. The number of hydrogen-bond acceptors (Lipinski definition) is 2. The molecule has 17 heavy (non-hydrogen) atoms. The Hall–Kier alpha value is -1.23. The normalized spacial score (nSPS) is 14.4. The maximum atomic E-state index is 13.5. The van der Waals surface area contributed by atoms with Crippen molar-refractivity contribution >= 4 is 27.7 Å². The average Bonchev–Trinajstić information content (AvgIpc) is 2.55. The van der Waals surface area contributed by atoms with E-state index in [0.29, 0.717) is 6.54 Å². The molecule has 3 nitrogen and oxygen atoms in total. The first-order valence-electron chi connectivity index (χ1n) is 5.37. The molecule has 0 radical (unpaired) electrons. The van der Waals surface area contributed by atoms with E-state index in [-0.39, 0.29) is 17.0 Å². The first kappa shape index (κ1) is 12.2. The molecule has 1 heterocycles. The molecule has 1 aromatic carbocycles. The largest absolute Gasteiger partial charge is 0.274 e. The van der Waals surface area contributed by atoms with Gasteiger partial charge in [0.25, 0.3) is 11.8 Å². The molecule has 0 N–H and O–H groups in total. The minimum Gasteiger partial charge on any atom is -0.274 e. The number of hydrogen-bond donors (Lipinski definition) is 0. The number of imide groups is 1. The number of fused-ring (bicyclic) bond motifs is 1. The highest BCUT2D eigenvalue weighted by atomic mass is 79.9. The molecule has 0 bridgehead atoms. The lowest BCUT2D eigenvalue weighted by molar-refractivity contribution is 0.0651. The molecule has 0 atom stereocenters. The zero-order valence-electron chi connectivity index (χ0n) is 9.08. The van der Waals surface area contributed by atoms with Crippen LogP contribution in [0.3, 0.4) is 0 Å². The number of nitrogens with zero attached hydrogens (tertiary/aromatic N) is 1. The van der Waals surface area contributed by atoms with Gasteiger partial charge in [0, 0.05) is 11.9 Å². The van der Waals surface area contributed by atoms with Crippen LogP contribution >= 0.6 is 15.9 Å². The van der Waals surface area contributed by atoms with Crippen molar-refractivity contribution in [3.8, 4) is 0 Å². The molecule has 2 rings (SSSR count). The summed E-state index contributed by atoms with van der Waals surface area (Å²) < 4.78 is 13.5. The minimum atomic E-state index is -0.621. The number of unbranched alkanes of at least 4 members (excludes halogenated alkanes) is 1. The lowest BCUT2D eigenvalue weighted by Crippen LogP contribution is -2.30. The first-order valence-corrected chi connectivity index (χ1v) is 6.49. The van der Waals surface area contributed by atoms with Crippen LogP contribution in [0.2, 0.25) is 0 Å². The molecule has 5 heteroatoms. The highest BCUT2D eigenvalue weighted by molar-refractivity contribution is 9.09. The highest BCUT2D eigenvalue weighted by Crippen LogP contribution is 2.25. The molecule has 0 aromatic heterocycles. The van der Waals surface area contributed by atoms with Crippen LogP contribution in [-0.2, 0) is 0 Å². The predicted octanol–water partition coefficient (Wildman–Crippen LogP) is 2.60. The standard InChI is InChI=1S/C12H11BrFNO2/c13-6-1-2-7-15-11(16)8-4-3-5-9(14)10(8)12(15)17/h3-5H,1-2,6-7H2. The summed E-state index contributed by atoms with van der Waals surface area (Å²) in [7, 11) is 0. The molecule has 0 saturated carbocycles. The maximum absolute atomic E-state index is 13.5. The third-order valence-corrected chi connectivity index (χ3v) is 3.27. The van der Waals surface area contributed by atoms with Crippen LogP contribution in [0.15, 0.2) is 18.2 Å². The Morgan fingerprint density at radius 3 is 2.59 bits per heavy atom. The Kier molecular flexibility index (Phi) is 3.57. The molecular formula is C12H11BrFNO2. The molecule has 1 aliphatic rings. The molecule has 1 aromatic rings. The van der Waals surface area contributed by atoms with Crippen LogP contribution in [0.1, 0.15) is 33.6 Å². The lowest BCUT2D eigenvalue weighted by atomic mass is 10.1. The zero-order valence-corrected chi connectivity index (χ0v) is 10.7. The van der Waals surface area contributed by atoms with E-state index in [1.165, 1.54) is 18.2 Å². The van der Waals surface area contributed by atoms with Crippen LogP contribution in [0, 0.1) is 5.82 Å². The van der Waals surface area contributed by atoms with E-state index in [9.17, 15) is 14.0 Å². The number of carbonyl (C=O) groups is 2. The average molecular weight is 300 g/mol. The van der Waals surface area contributed by atoms with Crippen molar-refractivity contribution in [3.63, 3.8) is 0 Å². The Balaban J connectivity index is 2.24. The minimum absolute atomic E-state index is 0.0867. The summed E-state index contributed by atoms with van der Waals surface area (Å²) in [5.74, 6) is -1.53. The smallest absolute Gasteiger partial charge is 0.264 e. The van der Waals surface area contributed by atoms with Gasteiger partial charge in [0.1, 0.15) is 5.82 Å². The molecule has 2 amide bonds. The van der Waals surface area contributed by atoms with E-state index >= 15 is 0 Å². The topological polar surface area (TPSA) is 37.4 Å². The second kappa shape index (κ2) is 4.96. The van der Waals surface area contributed by atoms with Crippen molar-refractivity contribution in [2.24, 2.45) is 0 Å². The monoisotopic (exact) mass is 299 g/mol. The van der Waals surface area contributed by atoms with Gasteiger partial charge in [-0.25, -0.2) is 4.39 Å². The van der Waals surface area contributed by atoms with Gasteiger partial charge in [-0.15, -0.1) is 0 Å². The summed E-state index contributed by atoms with van der Waals surface area (Å²) in [6.45, 7) is 0.345. The molecule has 0 spiro atoms. The molecule has 0 aliphatic carbocycles. The van der Waals surface area contributed by atoms with Crippen molar-refractivity contribution in [1.29, 1.82) is 0 Å². The van der Waals surface area contributed by atoms with Crippen LogP contribution in [0.4, 0.5) is 4.39 Å². The summed E-state index contributed by atoms with van der Waals surface area (Å²) in [5.41, 5.74) is 0.0881. The molecule has 1 aliphatic heterocycles. The van der Waals surface area contributed by atoms with Gasteiger partial charge in [-0.2, -0.15) is 0 Å². The van der Waals surface area contributed by atoms with E-state index in [1.54, 1.807) is 0 Å². The molecule has 0 saturated heterocycles. The van der Waals surface area contributed by atoms with Gasteiger partial charge in [0.15, 0.2) is 0 Å². The van der Waals surface area contributed by atoms with E-state index < -0.39 is 11.7 Å². The highest BCUT2D eigenvalue weighted by Gasteiger charge is 2.37. The zero-order chi connectivity index (χ0) is 12.4. The van der Waals surface area contributed by atoms with Gasteiger partial charge in [0.2, 0.25) is 0 Å². The van der Waals surface area contributed by atoms with Crippen molar-refractivity contribution in [2.45, 2.75) is 12.8 Å². The van der Waals surface area contributed by atoms with Gasteiger partial charge >= 0.3 is 0 Å². The Morgan fingerprint density at radius 2 is 1.94 bits per heavy atom. The van der Waals surface area contributed by atoms with Gasteiger partial charge in [0.05, 0.1) is 11.1 Å². The number of carbonyl (C=O) groups excluding carboxylic acids is 2. The number of amides is 2. The second-order valence-electron chi connectivity index (χ2n) is 3.82. The molecule has 0 unspecified atom stereocenters. The van der Waals surface area contributed by atoms with Crippen LogP contribution in [0.5, 0.6) is 0 Å². The number of halogens is 2. The Bertz CT molecular complexity index is 476. The summed E-state index contributed by atoms with van der Waals surface area (Å²) in [5, 5.41) is 0.824. The molecule has 90 valence electrons. The molecular weight excluding hydrogens is 289 g/mol. The number of rotatable bonds is 4. The quantitative estimate of drug-likeness (QED) is 0.487. The SMILES string of the molecule is O=C1c2cccc(F)c2C(=O)N1CCCCBr. The maximum Gasteiger partial charge on any atom is 0.264 e. The van der Waals surface area contributed by atoms with Crippen LogP contribution in [-0.4, -0.2) is 28.6 Å². The van der Waals surface area contributed by atoms with Crippen molar-refractivity contribution in [1.82, 2.24) is 4.90 Å². The van der Waals surface area contributed by atoms with Crippen LogP contribution in [0.25, 0.3) is 0 Å². The Morgan fingerprint density at radius 1 is 1.18 bits per heavy atom. The number of alkyl halides is 1. The lowest BCUT2D eigenvalue weighted by Gasteiger charge is -2.12. The first-order chi connectivity index (χ1) is 8.16. The fourth-order valence-corrected chi connectivity index (χ4v) is 2.26. The van der Waals surface area contributed by atoms with Gasteiger partial charge in [-0.05, 0) is 25.0 Å². The summed E-state index contributed by atoms with van der Waals surface area (Å²) in [4.78, 5) is 24.9. The fraction of sp³-hybridized carbons (Fsp3) is 0.333. The van der Waals surface area contributed by atoms with E-state index in [1.807, 2.05) is 0 Å². The van der Waals surface area contributed by atoms with Gasteiger partial charge < -0.3 is 0 Å². The predicted molar refractivity (Wildman–Crippen MR) is 64.8 cm³/mol. The Labute approximate surface area is 107 Å². The van der Waals surface area contributed by atoms with Crippen molar-refractivity contribution in [3.05, 3.63) is 35.1 Å². The third-order valence-electron chi connectivity index (χ3n) is 2.71. The van der Waals surface area contributed by atoms with Crippen LogP contribution < -0.4 is 0 Å². The van der Waals surface area contributed by atoms with Gasteiger partial charge in [-0.1, -0.05) is 22.0 Å². The second-order valence-corrected chi connectivity index (χ2v) is 4.61. The van der Waals surface area contributed by atoms with Gasteiger partial charge in [-0.3, -0.25) is 14.5 Å². The van der Waals surface area contributed by atoms with Crippen molar-refractivity contribution < 1.29 is 14.0 Å².